The molecule has 26 heavy (non-hydrogen) atoms. The SMILES string of the molecule is CCc1nc[n+](C[C@](O)(c2ccc(F)cc2F)[C@@H](C)S(C)(=O)=O)[nH]1.Cl.[Cl-]. The standard InChI is InChI=1S/C15H19F2N3O3S.2ClH/c1-4-14-18-9-20(19-14)8-15(21,10(2)24(3,22)23)12-6-5-11(16)7-13(12)17;;/h5-7,9-10,21H,4,8H2,1-3H3;2*1H/t10-,15-;;/m1../s1. The molecular formula is C15H21Cl2F2N3O3S. The van der Waals surface area contributed by atoms with Gasteiger partial charge in [-0.1, -0.05) is 13.0 Å². The molecule has 1 heterocycles. The fourth-order valence-corrected chi connectivity index (χ4v) is 3.41. The van der Waals surface area contributed by atoms with Gasteiger partial charge in [-0.05, 0) is 18.0 Å². The summed E-state index contributed by atoms with van der Waals surface area (Å²) in [6.07, 6.45) is 2.96. The molecule has 0 saturated heterocycles. The molecule has 2 atom stereocenters. The fraction of sp³-hybridized carbons (Fsp3) is 0.467. The van der Waals surface area contributed by atoms with E-state index in [1.807, 2.05) is 6.92 Å². The number of halogens is 4. The summed E-state index contributed by atoms with van der Waals surface area (Å²) in [5.74, 6) is -1.19. The second-order valence-electron chi connectivity index (χ2n) is 5.80. The van der Waals surface area contributed by atoms with Gasteiger partial charge in [-0.3, -0.25) is 0 Å². The van der Waals surface area contributed by atoms with E-state index >= 15 is 0 Å². The predicted octanol–water partition coefficient (Wildman–Crippen LogP) is -1.72. The van der Waals surface area contributed by atoms with E-state index in [0.29, 0.717) is 18.3 Å². The van der Waals surface area contributed by atoms with E-state index in [1.165, 1.54) is 17.9 Å². The lowest BCUT2D eigenvalue weighted by atomic mass is 9.90. The zero-order valence-electron chi connectivity index (χ0n) is 14.4. The van der Waals surface area contributed by atoms with Crippen molar-refractivity contribution in [2.24, 2.45) is 0 Å². The summed E-state index contributed by atoms with van der Waals surface area (Å²) in [5.41, 5.74) is -2.39. The zero-order valence-corrected chi connectivity index (χ0v) is 16.8. The van der Waals surface area contributed by atoms with Crippen LogP contribution in [0.15, 0.2) is 24.5 Å². The Balaban J connectivity index is 0.00000312. The van der Waals surface area contributed by atoms with Gasteiger partial charge in [-0.2, -0.15) is 9.78 Å². The van der Waals surface area contributed by atoms with Crippen LogP contribution in [0, 0.1) is 11.6 Å². The van der Waals surface area contributed by atoms with Gasteiger partial charge >= 0.3 is 6.33 Å². The van der Waals surface area contributed by atoms with Crippen LogP contribution in [0.4, 0.5) is 8.78 Å². The second kappa shape index (κ2) is 9.07. The van der Waals surface area contributed by atoms with Gasteiger partial charge < -0.3 is 17.5 Å². The highest BCUT2D eigenvalue weighted by molar-refractivity contribution is 7.91. The normalized spacial score (nSPS) is 14.7. The third-order valence-electron chi connectivity index (χ3n) is 4.08. The Kier molecular flexibility index (Phi) is 8.62. The smallest absolute Gasteiger partial charge is 0.307 e. The zero-order chi connectivity index (χ0) is 18.1. The maximum absolute atomic E-state index is 14.2. The number of hydrogen-bond donors (Lipinski definition) is 2. The van der Waals surface area contributed by atoms with Crippen molar-refractivity contribution in [1.82, 2.24) is 10.1 Å². The molecule has 0 spiro atoms. The van der Waals surface area contributed by atoms with Crippen LogP contribution in [-0.2, 0) is 28.4 Å². The summed E-state index contributed by atoms with van der Waals surface area (Å²) in [4.78, 5) is 4.06. The molecule has 2 N–H and O–H groups in total. The van der Waals surface area contributed by atoms with Gasteiger partial charge in [0, 0.05) is 24.3 Å². The molecule has 0 fully saturated rings. The Bertz CT molecular complexity index is 848. The predicted molar refractivity (Wildman–Crippen MR) is 90.0 cm³/mol. The molecule has 2 rings (SSSR count). The minimum Gasteiger partial charge on any atom is -1.00 e. The van der Waals surface area contributed by atoms with Crippen LogP contribution in [0.1, 0.15) is 25.2 Å². The first-order valence-corrected chi connectivity index (χ1v) is 9.33. The lowest BCUT2D eigenvalue weighted by Crippen LogP contribution is -3.00. The van der Waals surface area contributed by atoms with E-state index in [2.05, 4.69) is 10.1 Å². The third kappa shape index (κ3) is 5.12. The first-order valence-electron chi connectivity index (χ1n) is 7.38. The van der Waals surface area contributed by atoms with Gasteiger partial charge in [0.2, 0.25) is 0 Å². The van der Waals surface area contributed by atoms with Crippen LogP contribution in [0.2, 0.25) is 0 Å². The molecule has 2 aromatic rings. The average Bonchev–Trinajstić information content (AvgIpc) is 2.92. The number of benzene rings is 1. The second-order valence-corrected chi connectivity index (χ2v) is 8.17. The van der Waals surface area contributed by atoms with E-state index < -0.39 is 32.3 Å². The number of aliphatic hydroxyl groups is 1. The van der Waals surface area contributed by atoms with Crippen molar-refractivity contribution in [1.29, 1.82) is 0 Å². The first kappa shape index (κ1) is 24.7. The Labute approximate surface area is 163 Å². The van der Waals surface area contributed by atoms with Crippen molar-refractivity contribution in [2.75, 3.05) is 6.26 Å². The van der Waals surface area contributed by atoms with Crippen molar-refractivity contribution in [3.63, 3.8) is 0 Å². The Hall–Kier alpha value is -1.29. The summed E-state index contributed by atoms with van der Waals surface area (Å²) in [5, 5.41) is 12.6. The molecular weight excluding hydrogens is 411 g/mol. The monoisotopic (exact) mass is 431 g/mol. The molecule has 0 aliphatic carbocycles. The maximum Gasteiger partial charge on any atom is 0.307 e. The molecule has 0 saturated carbocycles. The van der Waals surface area contributed by atoms with E-state index in [-0.39, 0.29) is 36.9 Å². The third-order valence-corrected chi connectivity index (χ3v) is 5.76. The van der Waals surface area contributed by atoms with Crippen molar-refractivity contribution in [2.45, 2.75) is 37.7 Å². The number of H-pyrrole nitrogens is 1. The van der Waals surface area contributed by atoms with Gasteiger partial charge in [-0.25, -0.2) is 17.2 Å². The summed E-state index contributed by atoms with van der Waals surface area (Å²) >= 11 is 0. The number of aromatic amines is 1. The molecule has 1 aromatic carbocycles. The molecule has 0 amide bonds. The molecule has 0 aliphatic heterocycles. The van der Waals surface area contributed by atoms with Crippen LogP contribution in [-0.4, -0.2) is 35.1 Å². The minimum atomic E-state index is -3.71. The average molecular weight is 432 g/mol. The molecule has 0 bridgehead atoms. The largest absolute Gasteiger partial charge is 1.00 e. The van der Waals surface area contributed by atoms with E-state index in [4.69, 9.17) is 0 Å². The Morgan fingerprint density at radius 2 is 2.00 bits per heavy atom. The van der Waals surface area contributed by atoms with Crippen LogP contribution in [0.5, 0.6) is 0 Å². The van der Waals surface area contributed by atoms with Crippen molar-refractivity contribution < 1.29 is 39.4 Å². The van der Waals surface area contributed by atoms with Crippen LogP contribution < -0.4 is 17.1 Å². The molecule has 0 radical (unpaired) electrons. The fourth-order valence-electron chi connectivity index (χ4n) is 2.50. The van der Waals surface area contributed by atoms with Crippen molar-refractivity contribution in [3.8, 4) is 0 Å². The highest BCUT2D eigenvalue weighted by atomic mass is 35.5. The summed E-state index contributed by atoms with van der Waals surface area (Å²) in [6.45, 7) is 2.88. The molecule has 0 unspecified atom stereocenters. The number of hydrogen-bond acceptors (Lipinski definition) is 4. The number of aromatic nitrogens is 3. The van der Waals surface area contributed by atoms with Crippen LogP contribution in [0.25, 0.3) is 0 Å². The van der Waals surface area contributed by atoms with Crippen molar-refractivity contribution in [3.05, 3.63) is 47.5 Å². The van der Waals surface area contributed by atoms with Gasteiger partial charge in [0.1, 0.15) is 23.8 Å². The van der Waals surface area contributed by atoms with Gasteiger partial charge in [0.25, 0.3) is 5.82 Å². The van der Waals surface area contributed by atoms with Gasteiger partial charge in [0.05, 0.1) is 5.25 Å². The molecule has 148 valence electrons. The quantitative estimate of drug-likeness (QED) is 0.533. The van der Waals surface area contributed by atoms with E-state index in [1.54, 1.807) is 0 Å². The first-order chi connectivity index (χ1) is 11.1. The number of aryl methyl sites for hydroxylation is 1. The van der Waals surface area contributed by atoms with Gasteiger partial charge in [-0.15, -0.1) is 12.4 Å². The lowest BCUT2D eigenvalue weighted by Gasteiger charge is -2.31. The maximum atomic E-state index is 14.2. The summed E-state index contributed by atoms with van der Waals surface area (Å²) in [7, 11) is -3.71. The summed E-state index contributed by atoms with van der Waals surface area (Å²) in [6, 6.07) is 2.65. The topological polar surface area (TPSA) is 86.9 Å². The van der Waals surface area contributed by atoms with Crippen LogP contribution in [0.3, 0.4) is 0 Å². The minimum absolute atomic E-state index is 0. The van der Waals surface area contributed by atoms with Crippen molar-refractivity contribution >= 4 is 22.2 Å². The number of rotatable bonds is 6. The lowest BCUT2D eigenvalue weighted by molar-refractivity contribution is -0.764. The molecule has 11 heteroatoms. The number of nitrogens with zero attached hydrogens (tertiary/aromatic N) is 2. The highest BCUT2D eigenvalue weighted by Crippen LogP contribution is 2.32. The molecule has 6 nitrogen and oxygen atoms in total. The molecule has 0 aliphatic rings. The van der Waals surface area contributed by atoms with E-state index in [9.17, 15) is 22.3 Å². The van der Waals surface area contributed by atoms with Crippen LogP contribution >= 0.6 is 12.4 Å². The number of nitrogens with one attached hydrogen (secondary N) is 1. The van der Waals surface area contributed by atoms with E-state index in [0.717, 1.165) is 18.4 Å². The molecule has 1 aromatic heterocycles. The number of sulfone groups is 1. The van der Waals surface area contributed by atoms with Gasteiger partial charge in [0.15, 0.2) is 9.84 Å². The Morgan fingerprint density at radius 1 is 1.38 bits per heavy atom. The highest BCUT2D eigenvalue weighted by Gasteiger charge is 2.45. The Morgan fingerprint density at radius 3 is 2.46 bits per heavy atom. The summed E-state index contributed by atoms with van der Waals surface area (Å²) < 4.78 is 52.8.